The molecule has 1 unspecified atom stereocenters. The molecular weight excluding hydrogens is 551 g/mol. The highest BCUT2D eigenvalue weighted by Gasteiger charge is 2.26. The minimum atomic E-state index is -1.07. The monoisotopic (exact) mass is 580 g/mol. The van der Waals surface area contributed by atoms with Gasteiger partial charge in [-0.15, -0.1) is 0 Å². The van der Waals surface area contributed by atoms with Crippen LogP contribution in [0.4, 0.5) is 4.39 Å². The summed E-state index contributed by atoms with van der Waals surface area (Å²) in [6, 6.07) is 10.6. The molecule has 0 radical (unpaired) electrons. The number of carboxylic acids is 1. The van der Waals surface area contributed by atoms with Gasteiger partial charge in [-0.05, 0) is 49.1 Å². The van der Waals surface area contributed by atoms with Gasteiger partial charge in [-0.25, -0.2) is 19.7 Å². The van der Waals surface area contributed by atoms with Crippen LogP contribution in [0.3, 0.4) is 0 Å². The third-order valence-electron chi connectivity index (χ3n) is 7.57. The Hall–Kier alpha value is -3.67. The van der Waals surface area contributed by atoms with Crippen LogP contribution < -0.4 is 4.74 Å². The molecule has 5 heterocycles. The van der Waals surface area contributed by atoms with E-state index in [9.17, 15) is 14.3 Å². The molecule has 1 N–H and O–H groups in total. The number of aromatic carboxylic acids is 1. The number of halogens is 2. The van der Waals surface area contributed by atoms with Crippen molar-refractivity contribution in [1.29, 1.82) is 0 Å². The Labute approximate surface area is 241 Å². The summed E-state index contributed by atoms with van der Waals surface area (Å²) < 4.78 is 28.1. The number of benzene rings is 1. The Balaban J connectivity index is 1.11. The first-order chi connectivity index (χ1) is 19.9. The molecule has 1 aromatic carbocycles. The predicted molar refractivity (Wildman–Crippen MR) is 149 cm³/mol. The summed E-state index contributed by atoms with van der Waals surface area (Å²) >= 11 is 5.97. The number of hydrogen-bond acceptors (Lipinski definition) is 8. The second-order valence-corrected chi connectivity index (χ2v) is 11.0. The number of carbonyl (C=O) groups is 1. The quantitative estimate of drug-likeness (QED) is 0.308. The first-order valence-corrected chi connectivity index (χ1v) is 14.1. The lowest BCUT2D eigenvalue weighted by molar-refractivity contribution is 0.0690. The van der Waals surface area contributed by atoms with Crippen LogP contribution in [0, 0.1) is 11.7 Å². The van der Waals surface area contributed by atoms with Crippen molar-refractivity contribution < 1.29 is 23.8 Å². The molecular formula is C29H30ClFN6O4. The lowest BCUT2D eigenvalue weighted by Crippen LogP contribution is -2.38. The molecule has 41 heavy (non-hydrogen) atoms. The van der Waals surface area contributed by atoms with Gasteiger partial charge in [0.25, 0.3) is 5.88 Å². The summed E-state index contributed by atoms with van der Waals surface area (Å²) in [6.45, 7) is 4.13. The van der Waals surface area contributed by atoms with E-state index >= 15 is 0 Å². The second-order valence-electron chi connectivity index (χ2n) is 10.5. The van der Waals surface area contributed by atoms with Crippen LogP contribution in [-0.2, 0) is 24.2 Å². The maximum atomic E-state index is 14.5. The van der Waals surface area contributed by atoms with Crippen LogP contribution in [0.25, 0.3) is 11.2 Å². The number of hydrogen-bond donors (Lipinski definition) is 1. The molecule has 214 valence electrons. The van der Waals surface area contributed by atoms with Crippen molar-refractivity contribution >= 4 is 28.7 Å². The number of pyridine rings is 1. The molecule has 2 saturated heterocycles. The molecule has 0 amide bonds. The lowest BCUT2D eigenvalue weighted by Gasteiger charge is -2.31. The van der Waals surface area contributed by atoms with E-state index in [1.807, 2.05) is 16.7 Å². The van der Waals surface area contributed by atoms with Crippen molar-refractivity contribution in [2.45, 2.75) is 44.9 Å². The van der Waals surface area contributed by atoms with Gasteiger partial charge in [0.05, 0.1) is 19.3 Å². The highest BCUT2D eigenvalue weighted by molar-refractivity contribution is 6.30. The molecule has 6 rings (SSSR count). The van der Waals surface area contributed by atoms with Crippen LogP contribution in [0.5, 0.6) is 5.88 Å². The normalized spacial score (nSPS) is 18.2. The number of imidazole rings is 1. The van der Waals surface area contributed by atoms with Crippen molar-refractivity contribution in [3.63, 3.8) is 0 Å². The summed E-state index contributed by atoms with van der Waals surface area (Å²) in [5.41, 5.74) is 2.23. The topological polar surface area (TPSA) is 115 Å². The summed E-state index contributed by atoms with van der Waals surface area (Å²) in [5, 5.41) is 10.1. The summed E-state index contributed by atoms with van der Waals surface area (Å²) in [6.07, 6.45) is 3.78. The van der Waals surface area contributed by atoms with Crippen LogP contribution >= 0.6 is 11.6 Å². The molecule has 1 atom stereocenters. The number of aromatic nitrogens is 5. The van der Waals surface area contributed by atoms with Gasteiger partial charge in [-0.1, -0.05) is 23.7 Å². The molecule has 0 saturated carbocycles. The number of piperidine rings is 1. The highest BCUT2D eigenvalue weighted by atomic mass is 35.5. The average Bonchev–Trinajstić information content (AvgIpc) is 3.61. The Morgan fingerprint density at radius 1 is 1.10 bits per heavy atom. The number of likely N-dealkylation sites (tertiary alicyclic amines) is 1. The third kappa shape index (κ3) is 6.47. The molecule has 0 bridgehead atoms. The minimum absolute atomic E-state index is 0.000822. The van der Waals surface area contributed by atoms with E-state index in [4.69, 9.17) is 26.1 Å². The van der Waals surface area contributed by atoms with Gasteiger partial charge in [-0.3, -0.25) is 4.90 Å². The fourth-order valence-electron chi connectivity index (χ4n) is 5.35. The zero-order chi connectivity index (χ0) is 28.3. The average molecular weight is 581 g/mol. The molecule has 0 spiro atoms. The SMILES string of the molecule is O=C(O)c1ccc2nc(CN3CCC(Oc4nc(Cc5ccc(Cl)cc5)ncc4F)CC3)n(CC3CCOC3)c2n1. The maximum absolute atomic E-state index is 14.5. The summed E-state index contributed by atoms with van der Waals surface area (Å²) in [5.74, 6) is -0.0200. The van der Waals surface area contributed by atoms with E-state index in [0.717, 1.165) is 43.7 Å². The maximum Gasteiger partial charge on any atom is 0.354 e. The summed E-state index contributed by atoms with van der Waals surface area (Å²) in [4.78, 5) is 31.5. The van der Waals surface area contributed by atoms with Gasteiger partial charge < -0.3 is 19.1 Å². The van der Waals surface area contributed by atoms with Crippen molar-refractivity contribution in [3.8, 4) is 5.88 Å². The summed E-state index contributed by atoms with van der Waals surface area (Å²) in [7, 11) is 0. The lowest BCUT2D eigenvalue weighted by atomic mass is 10.1. The van der Waals surface area contributed by atoms with Gasteiger partial charge >= 0.3 is 5.97 Å². The van der Waals surface area contributed by atoms with Gasteiger partial charge in [0.2, 0.25) is 5.82 Å². The van der Waals surface area contributed by atoms with Crippen LogP contribution in [0.2, 0.25) is 5.02 Å². The predicted octanol–water partition coefficient (Wildman–Crippen LogP) is 4.38. The van der Waals surface area contributed by atoms with Gasteiger partial charge in [0.15, 0.2) is 11.3 Å². The molecule has 2 fully saturated rings. The smallest absolute Gasteiger partial charge is 0.354 e. The van der Waals surface area contributed by atoms with E-state index in [2.05, 4.69) is 19.9 Å². The molecule has 4 aromatic rings. The second kappa shape index (κ2) is 12.1. The van der Waals surface area contributed by atoms with E-state index < -0.39 is 11.8 Å². The first-order valence-electron chi connectivity index (χ1n) is 13.7. The zero-order valence-corrected chi connectivity index (χ0v) is 23.1. The molecule has 3 aromatic heterocycles. The largest absolute Gasteiger partial charge is 0.477 e. The molecule has 2 aliphatic rings. The Morgan fingerprint density at radius 3 is 2.63 bits per heavy atom. The Morgan fingerprint density at radius 2 is 1.90 bits per heavy atom. The highest BCUT2D eigenvalue weighted by Crippen LogP contribution is 2.25. The first kappa shape index (κ1) is 27.5. The number of nitrogens with zero attached hydrogens (tertiary/aromatic N) is 6. The van der Waals surface area contributed by atoms with E-state index in [-0.39, 0.29) is 17.7 Å². The molecule has 12 heteroatoms. The van der Waals surface area contributed by atoms with Crippen molar-refractivity contribution in [2.24, 2.45) is 5.92 Å². The Kier molecular flexibility index (Phi) is 8.09. The van der Waals surface area contributed by atoms with Crippen molar-refractivity contribution in [3.05, 3.63) is 76.3 Å². The van der Waals surface area contributed by atoms with E-state index in [1.54, 1.807) is 18.2 Å². The van der Waals surface area contributed by atoms with E-state index in [1.165, 1.54) is 6.07 Å². The van der Waals surface area contributed by atoms with Crippen LogP contribution in [-0.4, -0.2) is 72.9 Å². The molecule has 2 aliphatic heterocycles. The number of fused-ring (bicyclic) bond motifs is 1. The Bertz CT molecular complexity index is 1530. The fraction of sp³-hybridized carbons (Fsp3) is 0.414. The number of ether oxygens (including phenoxy) is 2. The molecule has 10 nitrogen and oxygen atoms in total. The van der Waals surface area contributed by atoms with Crippen LogP contribution in [0.15, 0.2) is 42.6 Å². The third-order valence-corrected chi connectivity index (χ3v) is 7.82. The number of carboxylic acid groups (broad SMARTS) is 1. The van der Waals surface area contributed by atoms with Crippen molar-refractivity contribution in [2.75, 3.05) is 26.3 Å². The van der Waals surface area contributed by atoms with Gasteiger partial charge in [0, 0.05) is 43.6 Å². The fourth-order valence-corrected chi connectivity index (χ4v) is 5.47. The van der Waals surface area contributed by atoms with E-state index in [0.29, 0.717) is 66.9 Å². The van der Waals surface area contributed by atoms with Crippen LogP contribution in [0.1, 0.15) is 47.0 Å². The number of rotatable bonds is 9. The minimum Gasteiger partial charge on any atom is -0.477 e. The van der Waals surface area contributed by atoms with Gasteiger partial charge in [-0.2, -0.15) is 9.37 Å². The zero-order valence-electron chi connectivity index (χ0n) is 22.4. The molecule has 0 aliphatic carbocycles. The standard InChI is InChI=1S/C29H30ClFN6O4/c30-20-3-1-18(2-4-20)13-25-32-14-22(31)28(35-25)41-21-7-10-36(11-8-21)16-26-33-23-5-6-24(29(38)39)34-27(23)37(26)15-19-9-12-40-17-19/h1-6,14,19,21H,7-13,15-17H2,(H,38,39). The van der Waals surface area contributed by atoms with Gasteiger partial charge in [0.1, 0.15) is 23.3 Å². The van der Waals surface area contributed by atoms with Crippen molar-refractivity contribution in [1.82, 2.24) is 29.4 Å².